The Morgan fingerprint density at radius 3 is 2.47 bits per heavy atom. The highest BCUT2D eigenvalue weighted by atomic mass is 32.1. The van der Waals surface area contributed by atoms with Crippen LogP contribution in [0, 0.1) is 0 Å². The van der Waals surface area contributed by atoms with Crippen molar-refractivity contribution in [3.05, 3.63) is 35.9 Å². The minimum absolute atomic E-state index is 0.325. The second kappa shape index (κ2) is 7.01. The molecule has 0 saturated heterocycles. The Hall–Kier alpha value is -1.42. The second-order valence-corrected chi connectivity index (χ2v) is 3.79. The lowest BCUT2D eigenvalue weighted by atomic mass is 10.2. The highest BCUT2D eigenvalue weighted by Crippen LogP contribution is 2.09. The number of hydrogen-bond donors (Lipinski definition) is 0. The molecule has 0 bridgehead atoms. The van der Waals surface area contributed by atoms with Crippen molar-refractivity contribution in [1.29, 1.82) is 0 Å². The van der Waals surface area contributed by atoms with E-state index in [2.05, 4.69) is 0 Å². The fourth-order valence-corrected chi connectivity index (χ4v) is 1.56. The lowest BCUT2D eigenvalue weighted by Gasteiger charge is -2.16. The number of benzene rings is 1. The van der Waals surface area contributed by atoms with E-state index in [-0.39, 0.29) is 5.97 Å². The van der Waals surface area contributed by atoms with Gasteiger partial charge in [0.15, 0.2) is 11.2 Å². The van der Waals surface area contributed by atoms with Gasteiger partial charge in [-0.1, -0.05) is 37.3 Å². The summed E-state index contributed by atoms with van der Waals surface area (Å²) < 4.78 is 10.4. The molecule has 1 aromatic carbocycles. The third-order valence-electron chi connectivity index (χ3n) is 2.18. The van der Waals surface area contributed by atoms with Gasteiger partial charge in [-0.25, -0.2) is 4.79 Å². The van der Waals surface area contributed by atoms with Crippen molar-refractivity contribution in [1.82, 2.24) is 0 Å². The summed E-state index contributed by atoms with van der Waals surface area (Å²) in [5, 5.41) is 0.325. The van der Waals surface area contributed by atoms with E-state index >= 15 is 0 Å². The first-order valence-electron chi connectivity index (χ1n) is 5.61. The third-order valence-corrected chi connectivity index (χ3v) is 2.51. The second-order valence-electron chi connectivity index (χ2n) is 3.42. The maximum Gasteiger partial charge on any atom is 0.347 e. The normalized spacial score (nSPS) is 11.6. The molecule has 4 heteroatoms. The Morgan fingerprint density at radius 2 is 1.94 bits per heavy atom. The van der Waals surface area contributed by atoms with Gasteiger partial charge in [-0.15, -0.1) is 0 Å². The van der Waals surface area contributed by atoms with E-state index in [1.807, 2.05) is 37.3 Å². The number of ether oxygens (including phenoxy) is 2. The highest BCUT2D eigenvalue weighted by molar-refractivity contribution is 7.80. The zero-order valence-corrected chi connectivity index (χ0v) is 10.8. The molecular weight excluding hydrogens is 236 g/mol. The Balaban J connectivity index is 2.63. The lowest BCUT2D eigenvalue weighted by Crippen LogP contribution is -2.28. The number of carbonyl (C=O) groups excluding carboxylic acids is 1. The Morgan fingerprint density at radius 1 is 1.29 bits per heavy atom. The van der Waals surface area contributed by atoms with Gasteiger partial charge in [0.2, 0.25) is 0 Å². The van der Waals surface area contributed by atoms with E-state index in [1.54, 1.807) is 6.92 Å². The zero-order valence-electron chi connectivity index (χ0n) is 10.0. The molecule has 0 fully saturated rings. The molecule has 0 radical (unpaired) electrons. The van der Waals surface area contributed by atoms with E-state index in [0.717, 1.165) is 5.56 Å². The largest absolute Gasteiger partial charge is 0.468 e. The van der Waals surface area contributed by atoms with Crippen LogP contribution in [0.15, 0.2) is 30.3 Å². The van der Waals surface area contributed by atoms with Gasteiger partial charge in [0.05, 0.1) is 6.61 Å². The average molecular weight is 252 g/mol. The molecule has 0 aliphatic carbocycles. The maximum atomic E-state index is 11.5. The molecule has 0 spiro atoms. The van der Waals surface area contributed by atoms with Crippen LogP contribution in [0.2, 0.25) is 0 Å². The standard InChI is InChI=1S/C13H16O3S/c1-3-11(12(14)15-4-2)16-13(17)10-8-6-5-7-9-10/h5-9,11H,3-4H2,1-2H3. The predicted octanol–water partition coefficient (Wildman–Crippen LogP) is 2.72. The van der Waals surface area contributed by atoms with Gasteiger partial charge in [0.25, 0.3) is 0 Å². The minimum atomic E-state index is -0.623. The van der Waals surface area contributed by atoms with Crippen LogP contribution in [-0.2, 0) is 14.3 Å². The quantitative estimate of drug-likeness (QED) is 0.596. The molecule has 0 amide bonds. The Kier molecular flexibility index (Phi) is 5.63. The summed E-state index contributed by atoms with van der Waals surface area (Å²) in [5.74, 6) is -0.367. The van der Waals surface area contributed by atoms with Crippen LogP contribution in [0.3, 0.4) is 0 Å². The summed E-state index contributed by atoms with van der Waals surface area (Å²) >= 11 is 5.14. The van der Waals surface area contributed by atoms with Crippen LogP contribution in [-0.4, -0.2) is 23.7 Å². The van der Waals surface area contributed by atoms with Crippen molar-refractivity contribution >= 4 is 23.2 Å². The average Bonchev–Trinajstić information content (AvgIpc) is 2.37. The van der Waals surface area contributed by atoms with Crippen LogP contribution < -0.4 is 0 Å². The van der Waals surface area contributed by atoms with Gasteiger partial charge in [0.1, 0.15) is 0 Å². The van der Waals surface area contributed by atoms with E-state index in [0.29, 0.717) is 18.1 Å². The minimum Gasteiger partial charge on any atom is -0.468 e. The summed E-state index contributed by atoms with van der Waals surface area (Å²) in [6.07, 6.45) is -0.0890. The van der Waals surface area contributed by atoms with Crippen molar-refractivity contribution in [2.45, 2.75) is 26.4 Å². The molecule has 1 rings (SSSR count). The molecule has 1 aromatic rings. The number of hydrogen-bond acceptors (Lipinski definition) is 4. The predicted molar refractivity (Wildman–Crippen MR) is 69.9 cm³/mol. The maximum absolute atomic E-state index is 11.5. The SMILES string of the molecule is CCOC(=O)C(CC)OC(=S)c1ccccc1. The number of esters is 1. The van der Waals surface area contributed by atoms with Crippen LogP contribution in [0.1, 0.15) is 25.8 Å². The summed E-state index contributed by atoms with van der Waals surface area (Å²) in [6, 6.07) is 9.34. The number of thiocarbonyl (C=S) groups is 1. The van der Waals surface area contributed by atoms with Crippen molar-refractivity contribution in [2.24, 2.45) is 0 Å². The topological polar surface area (TPSA) is 35.5 Å². The van der Waals surface area contributed by atoms with E-state index in [1.165, 1.54) is 0 Å². The number of rotatable bonds is 5. The third kappa shape index (κ3) is 4.15. The fourth-order valence-electron chi connectivity index (χ4n) is 1.30. The van der Waals surface area contributed by atoms with Crippen LogP contribution in [0.25, 0.3) is 0 Å². The Labute approximate surface area is 107 Å². The van der Waals surface area contributed by atoms with Gasteiger partial charge in [-0.3, -0.25) is 0 Å². The molecular formula is C13H16O3S. The molecule has 17 heavy (non-hydrogen) atoms. The van der Waals surface area contributed by atoms with E-state index in [9.17, 15) is 4.79 Å². The van der Waals surface area contributed by atoms with E-state index in [4.69, 9.17) is 21.7 Å². The number of carbonyl (C=O) groups is 1. The van der Waals surface area contributed by atoms with Gasteiger partial charge in [-0.05, 0) is 25.6 Å². The molecule has 0 aromatic heterocycles. The van der Waals surface area contributed by atoms with Gasteiger partial charge in [-0.2, -0.15) is 0 Å². The van der Waals surface area contributed by atoms with E-state index < -0.39 is 6.10 Å². The van der Waals surface area contributed by atoms with Crippen molar-refractivity contribution in [3.63, 3.8) is 0 Å². The molecule has 0 N–H and O–H groups in total. The monoisotopic (exact) mass is 252 g/mol. The van der Waals surface area contributed by atoms with Crippen molar-refractivity contribution < 1.29 is 14.3 Å². The fraction of sp³-hybridized carbons (Fsp3) is 0.385. The summed E-state index contributed by atoms with van der Waals surface area (Å²) in [4.78, 5) is 11.5. The van der Waals surface area contributed by atoms with Crippen molar-refractivity contribution in [3.8, 4) is 0 Å². The van der Waals surface area contributed by atoms with Crippen molar-refractivity contribution in [2.75, 3.05) is 6.61 Å². The molecule has 0 heterocycles. The molecule has 0 saturated carbocycles. The first-order valence-corrected chi connectivity index (χ1v) is 6.02. The van der Waals surface area contributed by atoms with Crippen LogP contribution >= 0.6 is 12.2 Å². The van der Waals surface area contributed by atoms with Crippen LogP contribution in [0.5, 0.6) is 0 Å². The summed E-state index contributed by atoms with van der Waals surface area (Å²) in [5.41, 5.74) is 0.797. The molecule has 1 unspecified atom stereocenters. The first kappa shape index (κ1) is 13.6. The lowest BCUT2D eigenvalue weighted by molar-refractivity contribution is -0.152. The summed E-state index contributed by atoms with van der Waals surface area (Å²) in [7, 11) is 0. The first-order chi connectivity index (χ1) is 8.19. The highest BCUT2D eigenvalue weighted by Gasteiger charge is 2.20. The van der Waals surface area contributed by atoms with Gasteiger partial charge < -0.3 is 9.47 Å². The zero-order chi connectivity index (χ0) is 12.7. The Bertz CT molecular complexity index is 376. The molecule has 92 valence electrons. The van der Waals surface area contributed by atoms with Gasteiger partial charge in [0, 0.05) is 5.56 Å². The van der Waals surface area contributed by atoms with Gasteiger partial charge >= 0.3 is 5.97 Å². The van der Waals surface area contributed by atoms with Crippen LogP contribution in [0.4, 0.5) is 0 Å². The molecule has 3 nitrogen and oxygen atoms in total. The molecule has 1 atom stereocenters. The summed E-state index contributed by atoms with van der Waals surface area (Å²) in [6.45, 7) is 3.96. The molecule has 0 aliphatic heterocycles. The smallest absolute Gasteiger partial charge is 0.347 e. The molecule has 0 aliphatic rings.